The minimum absolute atomic E-state index is 0.00924. The molecule has 4 nitrogen and oxygen atoms in total. The summed E-state index contributed by atoms with van der Waals surface area (Å²) in [6.07, 6.45) is 0.871. The van der Waals surface area contributed by atoms with E-state index in [9.17, 15) is 4.79 Å². The Kier molecular flexibility index (Phi) is 4.20. The van der Waals surface area contributed by atoms with Crippen LogP contribution in [0.15, 0.2) is 24.3 Å². The summed E-state index contributed by atoms with van der Waals surface area (Å²) in [6, 6.07) is 7.67. The number of aliphatic hydroxyl groups excluding tert-OH is 1. The summed E-state index contributed by atoms with van der Waals surface area (Å²) in [7, 11) is 0. The number of carbonyl (C=O) groups excluding carboxylic acids is 1. The van der Waals surface area contributed by atoms with E-state index in [0.29, 0.717) is 13.2 Å². The fourth-order valence-corrected chi connectivity index (χ4v) is 2.05. The van der Waals surface area contributed by atoms with Crippen molar-refractivity contribution in [3.05, 3.63) is 29.8 Å². The second-order valence-electron chi connectivity index (χ2n) is 4.34. The van der Waals surface area contributed by atoms with Crippen molar-refractivity contribution in [3.63, 3.8) is 0 Å². The summed E-state index contributed by atoms with van der Waals surface area (Å²) < 4.78 is 10.3. The number of esters is 1. The minimum Gasteiger partial charge on any atom is -0.491 e. The van der Waals surface area contributed by atoms with Crippen LogP contribution in [0.4, 0.5) is 0 Å². The third-order valence-electron chi connectivity index (χ3n) is 3.05. The average Bonchev–Trinajstić information content (AvgIpc) is 3.17. The van der Waals surface area contributed by atoms with Gasteiger partial charge in [-0.3, -0.25) is 4.79 Å². The van der Waals surface area contributed by atoms with Gasteiger partial charge < -0.3 is 14.6 Å². The normalized spacial score (nSPS) is 21.4. The predicted octanol–water partition coefficient (Wildman–Crippen LogP) is 1.72. The van der Waals surface area contributed by atoms with Gasteiger partial charge in [0.15, 0.2) is 0 Å². The molecule has 1 aliphatic rings. The van der Waals surface area contributed by atoms with Crippen LogP contribution in [0.1, 0.15) is 24.8 Å². The van der Waals surface area contributed by atoms with Crippen LogP contribution in [0.5, 0.6) is 5.75 Å². The molecule has 4 heteroatoms. The van der Waals surface area contributed by atoms with Crippen molar-refractivity contribution >= 4 is 5.97 Å². The highest BCUT2D eigenvalue weighted by Crippen LogP contribution is 2.48. The van der Waals surface area contributed by atoms with Gasteiger partial charge in [-0.2, -0.15) is 0 Å². The first-order valence-corrected chi connectivity index (χ1v) is 6.26. The van der Waals surface area contributed by atoms with Crippen molar-refractivity contribution in [1.82, 2.24) is 0 Å². The van der Waals surface area contributed by atoms with Crippen LogP contribution in [0, 0.1) is 5.92 Å². The molecule has 1 saturated carbocycles. The maximum atomic E-state index is 11.5. The second kappa shape index (κ2) is 5.87. The number of hydrogen-bond donors (Lipinski definition) is 1. The monoisotopic (exact) mass is 250 g/mol. The van der Waals surface area contributed by atoms with Crippen molar-refractivity contribution < 1.29 is 19.4 Å². The Hall–Kier alpha value is -1.55. The van der Waals surface area contributed by atoms with Crippen molar-refractivity contribution in [2.24, 2.45) is 5.92 Å². The van der Waals surface area contributed by atoms with E-state index in [2.05, 4.69) is 0 Å². The standard InChI is InChI=1S/C14H18O4/c1-2-17-14(16)13-9-12(13)10-3-5-11(6-4-10)18-8-7-15/h3-6,12-13,15H,2,7-9H2,1H3/t12-,13+/m1/s1. The molecule has 0 radical (unpaired) electrons. The summed E-state index contributed by atoms with van der Waals surface area (Å²) in [6.45, 7) is 2.57. The first-order chi connectivity index (χ1) is 8.76. The van der Waals surface area contributed by atoms with E-state index >= 15 is 0 Å². The van der Waals surface area contributed by atoms with E-state index in [4.69, 9.17) is 14.6 Å². The van der Waals surface area contributed by atoms with Crippen LogP contribution in [0.2, 0.25) is 0 Å². The largest absolute Gasteiger partial charge is 0.491 e. The summed E-state index contributed by atoms with van der Waals surface area (Å²) >= 11 is 0. The van der Waals surface area contributed by atoms with Crippen LogP contribution >= 0.6 is 0 Å². The molecule has 0 amide bonds. The van der Waals surface area contributed by atoms with Gasteiger partial charge >= 0.3 is 5.97 Å². The van der Waals surface area contributed by atoms with Crippen LogP contribution in [-0.4, -0.2) is 30.9 Å². The molecule has 0 aromatic heterocycles. The first kappa shape index (κ1) is 12.9. The van der Waals surface area contributed by atoms with Crippen molar-refractivity contribution in [2.45, 2.75) is 19.3 Å². The van der Waals surface area contributed by atoms with Crippen molar-refractivity contribution in [3.8, 4) is 5.75 Å². The number of rotatable bonds is 6. The maximum Gasteiger partial charge on any atom is 0.309 e. The molecule has 18 heavy (non-hydrogen) atoms. The molecule has 0 heterocycles. The fourth-order valence-electron chi connectivity index (χ4n) is 2.05. The van der Waals surface area contributed by atoms with Crippen molar-refractivity contribution in [1.29, 1.82) is 0 Å². The Labute approximate surface area is 107 Å². The number of aliphatic hydroxyl groups is 1. The van der Waals surface area contributed by atoms with Gasteiger partial charge in [0.2, 0.25) is 0 Å². The molecular formula is C14H18O4. The Bertz CT molecular complexity index is 399. The van der Waals surface area contributed by atoms with Gasteiger partial charge in [-0.1, -0.05) is 12.1 Å². The zero-order chi connectivity index (χ0) is 13.0. The minimum atomic E-state index is -0.0943. The molecule has 2 rings (SSSR count). The molecule has 1 aromatic carbocycles. The maximum absolute atomic E-state index is 11.5. The third-order valence-corrected chi connectivity index (χ3v) is 3.05. The molecule has 2 atom stereocenters. The van der Waals surface area contributed by atoms with E-state index in [1.807, 2.05) is 31.2 Å². The SMILES string of the molecule is CCOC(=O)[C@H]1C[C@@H]1c1ccc(OCCO)cc1. The molecule has 1 fully saturated rings. The highest BCUT2D eigenvalue weighted by molar-refractivity contribution is 5.77. The molecule has 0 aliphatic heterocycles. The van der Waals surface area contributed by atoms with Crippen LogP contribution in [-0.2, 0) is 9.53 Å². The highest BCUT2D eigenvalue weighted by atomic mass is 16.5. The molecule has 1 aromatic rings. The first-order valence-electron chi connectivity index (χ1n) is 6.26. The average molecular weight is 250 g/mol. The van der Waals surface area contributed by atoms with Gasteiger partial charge in [0.25, 0.3) is 0 Å². The van der Waals surface area contributed by atoms with E-state index < -0.39 is 0 Å². The van der Waals surface area contributed by atoms with Crippen molar-refractivity contribution in [2.75, 3.05) is 19.8 Å². The number of carbonyl (C=O) groups is 1. The molecule has 98 valence electrons. The Morgan fingerprint density at radius 3 is 2.72 bits per heavy atom. The van der Waals surface area contributed by atoms with E-state index in [0.717, 1.165) is 17.7 Å². The third kappa shape index (κ3) is 3.01. The van der Waals surface area contributed by atoms with E-state index in [1.165, 1.54) is 0 Å². The van der Waals surface area contributed by atoms with Gasteiger partial charge in [-0.25, -0.2) is 0 Å². The molecule has 1 aliphatic carbocycles. The molecule has 0 unspecified atom stereocenters. The molecule has 1 N–H and O–H groups in total. The number of ether oxygens (including phenoxy) is 2. The second-order valence-corrected chi connectivity index (χ2v) is 4.34. The molecule has 0 bridgehead atoms. The summed E-state index contributed by atoms with van der Waals surface area (Å²) in [5, 5.41) is 8.65. The zero-order valence-electron chi connectivity index (χ0n) is 10.5. The summed E-state index contributed by atoms with van der Waals surface area (Å²) in [4.78, 5) is 11.5. The molecule has 0 saturated heterocycles. The molecular weight excluding hydrogens is 232 g/mol. The van der Waals surface area contributed by atoms with Crippen LogP contribution in [0.25, 0.3) is 0 Å². The fraction of sp³-hybridized carbons (Fsp3) is 0.500. The van der Waals surface area contributed by atoms with Gasteiger partial charge in [0.1, 0.15) is 12.4 Å². The lowest BCUT2D eigenvalue weighted by atomic mass is 10.1. The van der Waals surface area contributed by atoms with Gasteiger partial charge in [0.05, 0.1) is 19.1 Å². The highest BCUT2D eigenvalue weighted by Gasteiger charge is 2.44. The van der Waals surface area contributed by atoms with Gasteiger partial charge in [-0.15, -0.1) is 0 Å². The zero-order valence-corrected chi connectivity index (χ0v) is 10.5. The smallest absolute Gasteiger partial charge is 0.309 e. The predicted molar refractivity (Wildman–Crippen MR) is 66.5 cm³/mol. The lowest BCUT2D eigenvalue weighted by Crippen LogP contribution is -2.07. The Morgan fingerprint density at radius 2 is 2.11 bits per heavy atom. The van der Waals surface area contributed by atoms with Crippen LogP contribution in [0.3, 0.4) is 0 Å². The Morgan fingerprint density at radius 1 is 1.39 bits per heavy atom. The molecule has 0 spiro atoms. The van der Waals surface area contributed by atoms with E-state index in [-0.39, 0.29) is 24.4 Å². The topological polar surface area (TPSA) is 55.8 Å². The summed E-state index contributed by atoms with van der Waals surface area (Å²) in [5.41, 5.74) is 1.14. The lowest BCUT2D eigenvalue weighted by molar-refractivity contribution is -0.144. The van der Waals surface area contributed by atoms with Crippen LogP contribution < -0.4 is 4.74 Å². The number of benzene rings is 1. The van der Waals surface area contributed by atoms with Gasteiger partial charge in [0, 0.05) is 0 Å². The Balaban J connectivity index is 1.90. The quantitative estimate of drug-likeness (QED) is 0.781. The number of hydrogen-bond acceptors (Lipinski definition) is 4. The lowest BCUT2D eigenvalue weighted by Gasteiger charge is -2.05. The van der Waals surface area contributed by atoms with Gasteiger partial charge in [-0.05, 0) is 37.0 Å². The van der Waals surface area contributed by atoms with E-state index in [1.54, 1.807) is 0 Å². The summed E-state index contributed by atoms with van der Waals surface area (Å²) in [5.74, 6) is 0.953.